The van der Waals surface area contributed by atoms with Gasteiger partial charge in [-0.05, 0) is 35.9 Å². The average molecular weight is 351 g/mol. The summed E-state index contributed by atoms with van der Waals surface area (Å²) in [5.41, 5.74) is 1.76. The van der Waals surface area contributed by atoms with Crippen molar-refractivity contribution in [1.82, 2.24) is 4.90 Å². The van der Waals surface area contributed by atoms with Crippen LogP contribution in [-0.2, 0) is 6.54 Å². The molecule has 0 fully saturated rings. The van der Waals surface area contributed by atoms with Gasteiger partial charge in [0.05, 0.1) is 17.7 Å². The minimum Gasteiger partial charge on any atom is -0.270 e. The van der Waals surface area contributed by atoms with Crippen molar-refractivity contribution < 1.29 is 9.59 Å². The van der Waals surface area contributed by atoms with Gasteiger partial charge in [-0.15, -0.1) is 0 Å². The summed E-state index contributed by atoms with van der Waals surface area (Å²) in [6, 6.07) is 12.2. The van der Waals surface area contributed by atoms with E-state index in [9.17, 15) is 9.59 Å². The highest BCUT2D eigenvalue weighted by Crippen LogP contribution is 2.27. The lowest BCUT2D eigenvalue weighted by atomic mass is 10.1. The van der Waals surface area contributed by atoms with E-state index in [0.717, 1.165) is 10.0 Å². The molecule has 5 heteroatoms. The highest BCUT2D eigenvalue weighted by molar-refractivity contribution is 9.10. The van der Waals surface area contributed by atoms with Crippen molar-refractivity contribution in [3.8, 4) is 0 Å². The molecule has 0 atom stereocenters. The first kappa shape index (κ1) is 13.3. The van der Waals surface area contributed by atoms with Crippen molar-refractivity contribution in [1.29, 1.82) is 0 Å². The summed E-state index contributed by atoms with van der Waals surface area (Å²) in [6.07, 6.45) is 0. The van der Waals surface area contributed by atoms with Crippen molar-refractivity contribution in [3.05, 3.63) is 68.7 Å². The quantitative estimate of drug-likeness (QED) is 0.770. The van der Waals surface area contributed by atoms with Crippen LogP contribution in [0.5, 0.6) is 0 Å². The molecule has 20 heavy (non-hydrogen) atoms. The largest absolute Gasteiger partial charge is 0.270 e. The summed E-state index contributed by atoms with van der Waals surface area (Å²) in [4.78, 5) is 25.8. The fourth-order valence-electron chi connectivity index (χ4n) is 2.18. The third-order valence-electron chi connectivity index (χ3n) is 3.19. The van der Waals surface area contributed by atoms with Gasteiger partial charge in [-0.3, -0.25) is 14.5 Å². The van der Waals surface area contributed by atoms with Gasteiger partial charge in [0, 0.05) is 9.50 Å². The Bertz CT molecular complexity index is 712. The standard InChI is InChI=1S/C15H9BrClNO2/c16-10-3-6-12-13(7-10)15(20)18(14(12)19)8-9-1-4-11(17)5-2-9/h1-7H,8H2. The van der Waals surface area contributed by atoms with Crippen LogP contribution in [0.25, 0.3) is 0 Å². The van der Waals surface area contributed by atoms with Crippen LogP contribution >= 0.6 is 27.5 Å². The van der Waals surface area contributed by atoms with Gasteiger partial charge in [0.2, 0.25) is 0 Å². The predicted octanol–water partition coefficient (Wildman–Crippen LogP) is 3.90. The molecular weight excluding hydrogens is 342 g/mol. The second kappa shape index (κ2) is 5.04. The number of benzene rings is 2. The SMILES string of the molecule is O=C1c2ccc(Br)cc2C(=O)N1Cc1ccc(Cl)cc1. The minimum absolute atomic E-state index is 0.251. The summed E-state index contributed by atoms with van der Waals surface area (Å²) in [5.74, 6) is -0.520. The highest BCUT2D eigenvalue weighted by Gasteiger charge is 2.35. The van der Waals surface area contributed by atoms with Crippen LogP contribution in [0, 0.1) is 0 Å². The zero-order chi connectivity index (χ0) is 14.3. The fourth-order valence-corrected chi connectivity index (χ4v) is 2.67. The monoisotopic (exact) mass is 349 g/mol. The average Bonchev–Trinajstić information content (AvgIpc) is 2.66. The molecule has 100 valence electrons. The summed E-state index contributed by atoms with van der Waals surface area (Å²) >= 11 is 9.13. The predicted molar refractivity (Wildman–Crippen MR) is 79.8 cm³/mol. The molecule has 1 heterocycles. The Balaban J connectivity index is 1.91. The van der Waals surface area contributed by atoms with Gasteiger partial charge < -0.3 is 0 Å². The topological polar surface area (TPSA) is 37.4 Å². The molecule has 2 aromatic carbocycles. The normalized spacial score (nSPS) is 13.8. The van der Waals surface area contributed by atoms with E-state index in [1.54, 1.807) is 30.3 Å². The van der Waals surface area contributed by atoms with Crippen LogP contribution in [-0.4, -0.2) is 16.7 Å². The van der Waals surface area contributed by atoms with Crippen LogP contribution in [0.2, 0.25) is 5.02 Å². The third kappa shape index (κ3) is 2.25. The van der Waals surface area contributed by atoms with Gasteiger partial charge in [-0.25, -0.2) is 0 Å². The van der Waals surface area contributed by atoms with Crippen molar-refractivity contribution in [2.24, 2.45) is 0 Å². The van der Waals surface area contributed by atoms with Gasteiger partial charge in [0.25, 0.3) is 11.8 Å². The zero-order valence-electron chi connectivity index (χ0n) is 10.3. The maximum absolute atomic E-state index is 12.3. The number of hydrogen-bond acceptors (Lipinski definition) is 2. The molecule has 1 aliphatic rings. The first-order valence-electron chi connectivity index (χ1n) is 5.96. The summed E-state index contributed by atoms with van der Waals surface area (Å²) in [5, 5.41) is 0.625. The molecule has 0 aromatic heterocycles. The first-order chi connectivity index (χ1) is 9.56. The van der Waals surface area contributed by atoms with Gasteiger partial charge in [0.15, 0.2) is 0 Å². The van der Waals surface area contributed by atoms with Crippen molar-refractivity contribution >= 4 is 39.3 Å². The van der Waals surface area contributed by atoms with E-state index in [0.29, 0.717) is 16.1 Å². The van der Waals surface area contributed by atoms with Crippen LogP contribution < -0.4 is 0 Å². The molecule has 3 nitrogen and oxygen atoms in total. The molecule has 0 N–H and O–H groups in total. The Kier molecular flexibility index (Phi) is 3.36. The lowest BCUT2D eigenvalue weighted by Gasteiger charge is -2.13. The molecule has 1 aliphatic heterocycles. The van der Waals surface area contributed by atoms with Gasteiger partial charge in [-0.2, -0.15) is 0 Å². The molecular formula is C15H9BrClNO2. The Hall–Kier alpha value is -1.65. The molecule has 0 aliphatic carbocycles. The molecule has 2 amide bonds. The third-order valence-corrected chi connectivity index (χ3v) is 3.93. The van der Waals surface area contributed by atoms with E-state index in [1.807, 2.05) is 12.1 Å². The van der Waals surface area contributed by atoms with Gasteiger partial charge in [0.1, 0.15) is 0 Å². The number of hydrogen-bond donors (Lipinski definition) is 0. The summed E-state index contributed by atoms with van der Waals surface area (Å²) < 4.78 is 0.783. The van der Waals surface area contributed by atoms with Gasteiger partial charge in [-0.1, -0.05) is 39.7 Å². The minimum atomic E-state index is -0.263. The summed E-state index contributed by atoms with van der Waals surface area (Å²) in [6.45, 7) is 0.251. The number of nitrogens with zero attached hydrogens (tertiary/aromatic N) is 1. The lowest BCUT2D eigenvalue weighted by molar-refractivity contribution is 0.0642. The second-order valence-electron chi connectivity index (χ2n) is 4.51. The number of imide groups is 1. The molecule has 0 unspecified atom stereocenters. The molecule has 0 radical (unpaired) electrons. The lowest BCUT2D eigenvalue weighted by Crippen LogP contribution is -2.29. The molecule has 2 aromatic rings. The van der Waals surface area contributed by atoms with E-state index in [-0.39, 0.29) is 18.4 Å². The Morgan fingerprint density at radius 2 is 1.60 bits per heavy atom. The number of carbonyl (C=O) groups excluding carboxylic acids is 2. The van der Waals surface area contributed by atoms with Crippen LogP contribution in [0.3, 0.4) is 0 Å². The van der Waals surface area contributed by atoms with Crippen LogP contribution in [0.4, 0.5) is 0 Å². The molecule has 0 saturated heterocycles. The van der Waals surface area contributed by atoms with Crippen molar-refractivity contribution in [2.45, 2.75) is 6.54 Å². The maximum atomic E-state index is 12.3. The first-order valence-corrected chi connectivity index (χ1v) is 7.13. The number of amides is 2. The molecule has 0 spiro atoms. The van der Waals surface area contributed by atoms with E-state index < -0.39 is 0 Å². The number of fused-ring (bicyclic) bond motifs is 1. The molecule has 0 bridgehead atoms. The van der Waals surface area contributed by atoms with E-state index in [4.69, 9.17) is 11.6 Å². The number of carbonyl (C=O) groups is 2. The Morgan fingerprint density at radius 3 is 2.30 bits per heavy atom. The van der Waals surface area contributed by atoms with Crippen LogP contribution in [0.15, 0.2) is 46.9 Å². The van der Waals surface area contributed by atoms with Gasteiger partial charge >= 0.3 is 0 Å². The Morgan fingerprint density at radius 1 is 0.950 bits per heavy atom. The molecule has 3 rings (SSSR count). The smallest absolute Gasteiger partial charge is 0.261 e. The van der Waals surface area contributed by atoms with E-state index in [2.05, 4.69) is 15.9 Å². The van der Waals surface area contributed by atoms with Crippen molar-refractivity contribution in [2.75, 3.05) is 0 Å². The Labute approximate surface area is 129 Å². The maximum Gasteiger partial charge on any atom is 0.261 e. The number of halogens is 2. The zero-order valence-corrected chi connectivity index (χ0v) is 12.6. The van der Waals surface area contributed by atoms with E-state index >= 15 is 0 Å². The van der Waals surface area contributed by atoms with Crippen LogP contribution in [0.1, 0.15) is 26.3 Å². The van der Waals surface area contributed by atoms with Crippen molar-refractivity contribution in [3.63, 3.8) is 0 Å². The van der Waals surface area contributed by atoms with E-state index in [1.165, 1.54) is 4.90 Å². The fraction of sp³-hybridized carbons (Fsp3) is 0.0667. The second-order valence-corrected chi connectivity index (χ2v) is 5.86. The number of rotatable bonds is 2. The molecule has 0 saturated carbocycles. The highest BCUT2D eigenvalue weighted by atomic mass is 79.9. The summed E-state index contributed by atoms with van der Waals surface area (Å²) in [7, 11) is 0.